The van der Waals surface area contributed by atoms with Gasteiger partial charge < -0.3 is 31.5 Å². The van der Waals surface area contributed by atoms with Gasteiger partial charge in [0.15, 0.2) is 0 Å². The summed E-state index contributed by atoms with van der Waals surface area (Å²) in [5, 5.41) is 3.03. The lowest BCUT2D eigenvalue weighted by atomic mass is 10.0. The highest BCUT2D eigenvalue weighted by Gasteiger charge is 2.00. The summed E-state index contributed by atoms with van der Waals surface area (Å²) in [5.41, 5.74) is 10.3. The quantitative estimate of drug-likeness (QED) is 0.284. The van der Waals surface area contributed by atoms with Crippen LogP contribution < -0.4 is 16.8 Å². The zero-order valence-electron chi connectivity index (χ0n) is 9.51. The summed E-state index contributed by atoms with van der Waals surface area (Å²) in [4.78, 5) is 21.6. The molecule has 0 aromatic rings. The molecule has 0 aliphatic heterocycles. The fraction of sp³-hybridized carbons (Fsp3) is 1.00. The molecule has 1 fully saturated rings. The van der Waals surface area contributed by atoms with Gasteiger partial charge in [-0.25, -0.2) is 4.57 Å². The summed E-state index contributed by atoms with van der Waals surface area (Å²) >= 11 is 0. The molecule has 0 heterocycles. The van der Waals surface area contributed by atoms with Gasteiger partial charge in [-0.05, 0) is 0 Å². The van der Waals surface area contributed by atoms with E-state index in [4.69, 9.17) is 30.7 Å². The summed E-state index contributed by atoms with van der Waals surface area (Å²) in [5.74, 6) is 0. The van der Waals surface area contributed by atoms with E-state index in [1.807, 2.05) is 0 Å². The molecule has 0 aromatic heterocycles. The van der Waals surface area contributed by atoms with Crippen molar-refractivity contribution in [1.82, 2.24) is 5.32 Å². The average molecular weight is 257 g/mol. The Kier molecular flexibility index (Phi) is 15.0. The molecule has 8 N–H and O–H groups in total. The molecule has 1 saturated carbocycles. The Morgan fingerprint density at radius 3 is 1.31 bits per heavy atom. The Hall–Kier alpha value is -0.0100. The van der Waals surface area contributed by atoms with E-state index in [1.165, 1.54) is 25.7 Å². The Bertz CT molecular complexity index is 156. The molecule has 0 saturated heterocycles. The van der Waals surface area contributed by atoms with Crippen molar-refractivity contribution >= 4 is 7.82 Å². The molecular weight excluding hydrogens is 233 g/mol. The fourth-order valence-electron chi connectivity index (χ4n) is 0.579. The minimum Gasteiger partial charge on any atom is -0.329 e. The average Bonchev–Trinajstić information content (AvgIpc) is 1.99. The molecule has 8 heteroatoms. The summed E-state index contributed by atoms with van der Waals surface area (Å²) in [6.45, 7) is 3.13. The zero-order chi connectivity index (χ0) is 12.9. The third kappa shape index (κ3) is 37.0. The maximum Gasteiger partial charge on any atom is 0.466 e. The molecule has 1 aliphatic rings. The lowest BCUT2D eigenvalue weighted by Gasteiger charge is -2.05. The van der Waals surface area contributed by atoms with Crippen LogP contribution in [0.5, 0.6) is 0 Å². The van der Waals surface area contributed by atoms with Crippen molar-refractivity contribution in [3.05, 3.63) is 0 Å². The van der Waals surface area contributed by atoms with Crippen LogP contribution in [0.25, 0.3) is 0 Å². The van der Waals surface area contributed by atoms with Gasteiger partial charge >= 0.3 is 7.82 Å². The van der Waals surface area contributed by atoms with Crippen LogP contribution in [0, 0.1) is 0 Å². The van der Waals surface area contributed by atoms with Crippen LogP contribution in [0.1, 0.15) is 25.7 Å². The smallest absolute Gasteiger partial charge is 0.329 e. The van der Waals surface area contributed by atoms with Crippen LogP contribution in [-0.2, 0) is 4.57 Å². The van der Waals surface area contributed by atoms with Gasteiger partial charge in [0.25, 0.3) is 0 Å². The van der Waals surface area contributed by atoms with Gasteiger partial charge in [-0.2, -0.15) is 0 Å². The second-order valence-electron chi connectivity index (χ2n) is 3.25. The number of hydrogen-bond acceptors (Lipinski definition) is 4. The lowest BCUT2D eigenvalue weighted by molar-refractivity contribution is 0.275. The van der Waals surface area contributed by atoms with E-state index in [-0.39, 0.29) is 0 Å². The third-order valence-corrected chi connectivity index (χ3v) is 1.64. The topological polar surface area (TPSA) is 142 Å². The van der Waals surface area contributed by atoms with E-state index in [1.54, 1.807) is 0 Å². The predicted octanol–water partition coefficient (Wildman–Crippen LogP) is -0.875. The molecule has 0 bridgehead atoms. The second-order valence-corrected chi connectivity index (χ2v) is 4.28. The van der Waals surface area contributed by atoms with Gasteiger partial charge in [0.05, 0.1) is 0 Å². The minimum absolute atomic E-state index is 0.694. The normalized spacial score (nSPS) is 13.8. The molecule has 0 unspecified atom stereocenters. The third-order valence-electron chi connectivity index (χ3n) is 1.64. The van der Waals surface area contributed by atoms with E-state index in [0.717, 1.165) is 13.1 Å². The van der Waals surface area contributed by atoms with Crippen molar-refractivity contribution in [2.45, 2.75) is 25.7 Å². The monoisotopic (exact) mass is 257 g/mol. The van der Waals surface area contributed by atoms with Crippen LogP contribution in [0.15, 0.2) is 0 Å². The fourth-order valence-corrected chi connectivity index (χ4v) is 0.579. The van der Waals surface area contributed by atoms with Crippen molar-refractivity contribution < 1.29 is 19.2 Å². The van der Waals surface area contributed by atoms with E-state index in [0.29, 0.717) is 13.1 Å². The van der Waals surface area contributed by atoms with Gasteiger partial charge in [-0.15, -0.1) is 0 Å². The summed E-state index contributed by atoms with van der Waals surface area (Å²) in [6.07, 6.45) is 6.00. The SMILES string of the molecule is C1CCC1.NCCNCCN.O=P(O)(O)O. The van der Waals surface area contributed by atoms with Gasteiger partial charge in [-0.1, -0.05) is 25.7 Å². The molecule has 16 heavy (non-hydrogen) atoms. The lowest BCUT2D eigenvalue weighted by Crippen LogP contribution is -2.27. The van der Waals surface area contributed by atoms with Gasteiger partial charge in [-0.3, -0.25) is 0 Å². The summed E-state index contributed by atoms with van der Waals surface area (Å²) < 4.78 is 8.88. The number of nitrogens with two attached hydrogens (primary N) is 2. The van der Waals surface area contributed by atoms with Crippen molar-refractivity contribution in [1.29, 1.82) is 0 Å². The molecule has 1 rings (SSSR count). The molecule has 100 valence electrons. The highest BCUT2D eigenvalue weighted by Crippen LogP contribution is 2.25. The zero-order valence-corrected chi connectivity index (χ0v) is 10.4. The second kappa shape index (κ2) is 13.1. The molecule has 0 spiro atoms. The number of phosphoric acid groups is 1. The first kappa shape index (κ1) is 18.4. The first-order valence-corrected chi connectivity index (χ1v) is 6.87. The number of rotatable bonds is 4. The van der Waals surface area contributed by atoms with E-state index in [9.17, 15) is 0 Å². The first-order chi connectivity index (χ1) is 7.41. The molecule has 0 atom stereocenters. The maximum absolute atomic E-state index is 8.88. The molecule has 1 aliphatic carbocycles. The predicted molar refractivity (Wildman–Crippen MR) is 63.7 cm³/mol. The minimum atomic E-state index is -4.64. The van der Waals surface area contributed by atoms with Crippen LogP contribution in [0.3, 0.4) is 0 Å². The molecule has 0 radical (unpaired) electrons. The van der Waals surface area contributed by atoms with Crippen LogP contribution in [0.2, 0.25) is 0 Å². The van der Waals surface area contributed by atoms with Gasteiger partial charge in [0.2, 0.25) is 0 Å². The Morgan fingerprint density at radius 2 is 1.19 bits per heavy atom. The number of nitrogens with one attached hydrogen (secondary N) is 1. The van der Waals surface area contributed by atoms with Crippen molar-refractivity contribution in [2.24, 2.45) is 11.5 Å². The number of hydrogen-bond donors (Lipinski definition) is 6. The Balaban J connectivity index is 0. The maximum atomic E-state index is 8.88. The van der Waals surface area contributed by atoms with E-state index >= 15 is 0 Å². The first-order valence-electron chi connectivity index (χ1n) is 5.31. The summed E-state index contributed by atoms with van der Waals surface area (Å²) in [7, 11) is -4.64. The van der Waals surface area contributed by atoms with Crippen LogP contribution >= 0.6 is 7.82 Å². The van der Waals surface area contributed by atoms with E-state index < -0.39 is 7.82 Å². The molecule has 7 nitrogen and oxygen atoms in total. The molecule has 0 aromatic carbocycles. The molecular formula is C8H24N3O4P. The highest BCUT2D eigenvalue weighted by atomic mass is 31.2. The van der Waals surface area contributed by atoms with Gasteiger partial charge in [0.1, 0.15) is 0 Å². The highest BCUT2D eigenvalue weighted by molar-refractivity contribution is 7.45. The van der Waals surface area contributed by atoms with Crippen molar-refractivity contribution in [2.75, 3.05) is 26.2 Å². The Labute approximate surface area is 96.5 Å². The molecule has 0 amide bonds. The largest absolute Gasteiger partial charge is 0.466 e. The van der Waals surface area contributed by atoms with E-state index in [2.05, 4.69) is 5.32 Å². The van der Waals surface area contributed by atoms with Crippen molar-refractivity contribution in [3.8, 4) is 0 Å². The Morgan fingerprint density at radius 1 is 0.938 bits per heavy atom. The van der Waals surface area contributed by atoms with Gasteiger partial charge in [0, 0.05) is 26.2 Å². The standard InChI is InChI=1S/C4H13N3.C4H8.H3O4P/c5-1-3-7-4-2-6;1-2-4-3-1;1-5(2,3)4/h7H,1-6H2;1-4H2;(H3,1,2,3,4). The summed E-state index contributed by atoms with van der Waals surface area (Å²) in [6, 6.07) is 0. The van der Waals surface area contributed by atoms with Crippen LogP contribution in [-0.4, -0.2) is 40.9 Å². The van der Waals surface area contributed by atoms with Crippen molar-refractivity contribution in [3.63, 3.8) is 0 Å². The van der Waals surface area contributed by atoms with Crippen LogP contribution in [0.4, 0.5) is 0 Å².